The molecule has 2 N–H and O–H groups in total. The predicted molar refractivity (Wildman–Crippen MR) is 76.7 cm³/mol. The molecular formula is C14H11BrFNO3. The molecule has 0 saturated heterocycles. The van der Waals surface area contributed by atoms with Crippen LogP contribution in [-0.2, 0) is 0 Å². The second kappa shape index (κ2) is 5.92. The lowest BCUT2D eigenvalue weighted by Crippen LogP contribution is -2.13. The molecule has 0 aliphatic rings. The topological polar surface area (TPSA) is 58.6 Å². The molecule has 20 heavy (non-hydrogen) atoms. The number of nitrogens with one attached hydrogen (secondary N) is 1. The van der Waals surface area contributed by atoms with Crippen LogP contribution >= 0.6 is 15.9 Å². The van der Waals surface area contributed by atoms with Gasteiger partial charge in [-0.3, -0.25) is 4.79 Å². The number of benzene rings is 2. The van der Waals surface area contributed by atoms with Gasteiger partial charge in [-0.1, -0.05) is 0 Å². The van der Waals surface area contributed by atoms with E-state index >= 15 is 0 Å². The van der Waals surface area contributed by atoms with Crippen LogP contribution in [0.3, 0.4) is 0 Å². The van der Waals surface area contributed by atoms with Crippen LogP contribution < -0.4 is 10.1 Å². The summed E-state index contributed by atoms with van der Waals surface area (Å²) in [5.41, 5.74) is 0.305. The van der Waals surface area contributed by atoms with Gasteiger partial charge in [0.2, 0.25) is 0 Å². The maximum Gasteiger partial charge on any atom is 0.257 e. The lowest BCUT2D eigenvalue weighted by molar-refractivity contribution is 0.102. The second-order valence-corrected chi connectivity index (χ2v) is 4.82. The lowest BCUT2D eigenvalue weighted by atomic mass is 10.2. The van der Waals surface area contributed by atoms with Gasteiger partial charge in [0.05, 0.1) is 18.4 Å². The van der Waals surface area contributed by atoms with E-state index in [9.17, 15) is 9.18 Å². The molecule has 0 aliphatic carbocycles. The van der Waals surface area contributed by atoms with Crippen molar-refractivity contribution < 1.29 is 19.0 Å². The number of carbonyl (C=O) groups is 1. The first-order valence-corrected chi connectivity index (χ1v) is 6.44. The molecule has 0 unspecified atom stereocenters. The molecule has 0 atom stereocenters. The minimum Gasteiger partial charge on any atom is -0.508 e. The van der Waals surface area contributed by atoms with E-state index in [1.165, 1.54) is 25.3 Å². The van der Waals surface area contributed by atoms with Crippen molar-refractivity contribution in [3.05, 3.63) is 52.3 Å². The van der Waals surface area contributed by atoms with E-state index in [0.717, 1.165) is 6.07 Å². The molecular weight excluding hydrogens is 329 g/mol. The van der Waals surface area contributed by atoms with Crippen molar-refractivity contribution >= 4 is 27.5 Å². The molecule has 2 aromatic carbocycles. The zero-order chi connectivity index (χ0) is 14.7. The normalized spacial score (nSPS) is 10.2. The summed E-state index contributed by atoms with van der Waals surface area (Å²) in [7, 11) is 1.49. The van der Waals surface area contributed by atoms with Gasteiger partial charge in [0.1, 0.15) is 17.3 Å². The van der Waals surface area contributed by atoms with Crippen LogP contribution in [0.2, 0.25) is 0 Å². The summed E-state index contributed by atoms with van der Waals surface area (Å²) in [6, 6.07) is 8.41. The molecule has 0 saturated carbocycles. The third-order valence-corrected chi connectivity index (χ3v) is 3.31. The molecule has 4 nitrogen and oxygen atoms in total. The summed E-state index contributed by atoms with van der Waals surface area (Å²) < 4.78 is 19.2. The average molecular weight is 340 g/mol. The van der Waals surface area contributed by atoms with Crippen LogP contribution in [0.25, 0.3) is 0 Å². The molecule has 6 heteroatoms. The van der Waals surface area contributed by atoms with Crippen molar-refractivity contribution in [2.75, 3.05) is 12.4 Å². The third kappa shape index (κ3) is 3.08. The molecule has 0 aromatic heterocycles. The van der Waals surface area contributed by atoms with Gasteiger partial charge in [-0.2, -0.15) is 0 Å². The van der Waals surface area contributed by atoms with Gasteiger partial charge in [0.15, 0.2) is 0 Å². The van der Waals surface area contributed by atoms with Crippen molar-refractivity contribution in [1.29, 1.82) is 0 Å². The molecule has 0 radical (unpaired) electrons. The Kier molecular flexibility index (Phi) is 4.24. The smallest absolute Gasteiger partial charge is 0.257 e. The number of phenols is 1. The molecule has 0 aliphatic heterocycles. The number of methoxy groups -OCH3 is 1. The highest BCUT2D eigenvalue weighted by molar-refractivity contribution is 9.10. The zero-order valence-electron chi connectivity index (χ0n) is 10.5. The fraction of sp³-hybridized carbons (Fsp3) is 0.0714. The second-order valence-electron chi connectivity index (χ2n) is 3.96. The van der Waals surface area contributed by atoms with E-state index in [1.807, 2.05) is 0 Å². The average Bonchev–Trinajstić information content (AvgIpc) is 2.42. The summed E-state index contributed by atoms with van der Waals surface area (Å²) in [4.78, 5) is 12.1. The van der Waals surface area contributed by atoms with Gasteiger partial charge in [-0.25, -0.2) is 4.39 Å². The van der Waals surface area contributed by atoms with Gasteiger partial charge in [-0.15, -0.1) is 0 Å². The Morgan fingerprint density at radius 1 is 1.30 bits per heavy atom. The van der Waals surface area contributed by atoms with Crippen LogP contribution in [0.15, 0.2) is 40.9 Å². The van der Waals surface area contributed by atoms with Crippen molar-refractivity contribution in [2.45, 2.75) is 0 Å². The van der Waals surface area contributed by atoms with Crippen LogP contribution in [0.5, 0.6) is 11.5 Å². The summed E-state index contributed by atoms with van der Waals surface area (Å²) in [5, 5.41) is 11.6. The Hall–Kier alpha value is -2.08. The van der Waals surface area contributed by atoms with Crippen molar-refractivity contribution in [3.8, 4) is 11.5 Å². The highest BCUT2D eigenvalue weighted by Crippen LogP contribution is 2.25. The number of anilines is 1. The van der Waals surface area contributed by atoms with Crippen LogP contribution in [0.1, 0.15) is 10.4 Å². The molecule has 0 bridgehead atoms. The standard InChI is InChI=1S/C14H11BrFNO3/c1-20-9-3-4-11(15)10(7-9)14(19)17-13-5-2-8(18)6-12(13)16/h2-7,18H,1H3,(H,17,19). The number of amides is 1. The number of ether oxygens (including phenoxy) is 1. The lowest BCUT2D eigenvalue weighted by Gasteiger charge is -2.09. The fourth-order valence-electron chi connectivity index (χ4n) is 1.60. The first kappa shape index (κ1) is 14.3. The fourth-order valence-corrected chi connectivity index (χ4v) is 2.03. The molecule has 0 spiro atoms. The van der Waals surface area contributed by atoms with E-state index in [4.69, 9.17) is 9.84 Å². The van der Waals surface area contributed by atoms with Crippen LogP contribution in [0.4, 0.5) is 10.1 Å². The predicted octanol–water partition coefficient (Wildman–Crippen LogP) is 3.55. The highest BCUT2D eigenvalue weighted by Gasteiger charge is 2.13. The van der Waals surface area contributed by atoms with Gasteiger partial charge in [0, 0.05) is 10.5 Å². The van der Waals surface area contributed by atoms with Crippen LogP contribution in [-0.4, -0.2) is 18.1 Å². The van der Waals surface area contributed by atoms with Crippen molar-refractivity contribution in [3.63, 3.8) is 0 Å². The first-order chi connectivity index (χ1) is 9.51. The number of phenolic OH excluding ortho intramolecular Hbond substituents is 1. The Morgan fingerprint density at radius 2 is 2.05 bits per heavy atom. The molecule has 0 heterocycles. The SMILES string of the molecule is COc1ccc(Br)c(C(=O)Nc2ccc(O)cc2F)c1. The van der Waals surface area contributed by atoms with E-state index in [0.29, 0.717) is 15.8 Å². The quantitative estimate of drug-likeness (QED) is 0.840. The van der Waals surface area contributed by atoms with Crippen molar-refractivity contribution in [1.82, 2.24) is 0 Å². The van der Waals surface area contributed by atoms with E-state index in [2.05, 4.69) is 21.2 Å². The van der Waals surface area contributed by atoms with E-state index < -0.39 is 11.7 Å². The first-order valence-electron chi connectivity index (χ1n) is 5.64. The highest BCUT2D eigenvalue weighted by atomic mass is 79.9. The Bertz CT molecular complexity index is 661. The number of hydrogen-bond donors (Lipinski definition) is 2. The van der Waals surface area contributed by atoms with Gasteiger partial charge in [-0.05, 0) is 46.3 Å². The van der Waals surface area contributed by atoms with Gasteiger partial charge >= 0.3 is 0 Å². The van der Waals surface area contributed by atoms with E-state index in [1.54, 1.807) is 12.1 Å². The zero-order valence-corrected chi connectivity index (χ0v) is 12.1. The summed E-state index contributed by atoms with van der Waals surface area (Å²) >= 11 is 3.25. The summed E-state index contributed by atoms with van der Waals surface area (Å²) in [5.74, 6) is -0.884. The number of aromatic hydroxyl groups is 1. The van der Waals surface area contributed by atoms with Gasteiger partial charge < -0.3 is 15.2 Å². The van der Waals surface area contributed by atoms with Gasteiger partial charge in [0.25, 0.3) is 5.91 Å². The largest absolute Gasteiger partial charge is 0.508 e. The number of rotatable bonds is 3. The maximum atomic E-state index is 13.6. The maximum absolute atomic E-state index is 13.6. The number of halogens is 2. The molecule has 0 fully saturated rings. The van der Waals surface area contributed by atoms with Crippen molar-refractivity contribution in [2.24, 2.45) is 0 Å². The minimum absolute atomic E-state index is 0.0116. The van der Waals surface area contributed by atoms with Crippen LogP contribution in [0, 0.1) is 5.82 Å². The third-order valence-electron chi connectivity index (χ3n) is 2.62. The summed E-state index contributed by atoms with van der Waals surface area (Å²) in [6.07, 6.45) is 0. The number of hydrogen-bond acceptors (Lipinski definition) is 3. The monoisotopic (exact) mass is 339 g/mol. The molecule has 2 aromatic rings. The Balaban J connectivity index is 2.28. The number of carbonyl (C=O) groups excluding carboxylic acids is 1. The summed E-state index contributed by atoms with van der Waals surface area (Å²) in [6.45, 7) is 0. The minimum atomic E-state index is -0.711. The molecule has 1 amide bonds. The molecule has 2 rings (SSSR count). The Labute approximate surface area is 123 Å². The Morgan fingerprint density at radius 3 is 2.70 bits per heavy atom. The molecule has 104 valence electrons. The van der Waals surface area contributed by atoms with E-state index in [-0.39, 0.29) is 11.4 Å².